The molecule has 0 radical (unpaired) electrons. The number of sulfonamides is 1. The fraction of sp³-hybridized carbons (Fsp3) is 0.417. The Balaban J connectivity index is 1.32. The van der Waals surface area contributed by atoms with Gasteiger partial charge in [-0.05, 0) is 49.2 Å². The third-order valence-electron chi connectivity index (χ3n) is 6.12. The predicted octanol–water partition coefficient (Wildman–Crippen LogP) is 1.73. The van der Waals surface area contributed by atoms with Crippen molar-refractivity contribution in [3.8, 4) is 11.5 Å². The summed E-state index contributed by atoms with van der Waals surface area (Å²) in [6.07, 6.45) is 0.734. The van der Waals surface area contributed by atoms with Crippen molar-refractivity contribution in [2.75, 3.05) is 45.9 Å². The summed E-state index contributed by atoms with van der Waals surface area (Å²) in [6.45, 7) is 5.61. The molecule has 0 aliphatic carbocycles. The van der Waals surface area contributed by atoms with Gasteiger partial charge in [0.2, 0.25) is 15.9 Å². The highest BCUT2D eigenvalue weighted by atomic mass is 32.2. The molecule has 34 heavy (non-hydrogen) atoms. The molecule has 1 fully saturated rings. The Morgan fingerprint density at radius 3 is 2.32 bits per heavy atom. The van der Waals surface area contributed by atoms with Crippen molar-refractivity contribution in [1.29, 1.82) is 0 Å². The number of ether oxygens (including phenoxy) is 2. The van der Waals surface area contributed by atoms with Gasteiger partial charge in [0.1, 0.15) is 0 Å². The Labute approximate surface area is 199 Å². The van der Waals surface area contributed by atoms with Gasteiger partial charge in [0, 0.05) is 44.2 Å². The number of fused-ring (bicyclic) bond motifs is 1. The van der Waals surface area contributed by atoms with Gasteiger partial charge in [0.05, 0.1) is 24.7 Å². The zero-order valence-corrected chi connectivity index (χ0v) is 20.2. The molecular weight excluding hydrogens is 458 g/mol. The summed E-state index contributed by atoms with van der Waals surface area (Å²) in [5.74, 6) is 0.401. The van der Waals surface area contributed by atoms with Crippen molar-refractivity contribution in [2.24, 2.45) is 0 Å². The molecule has 2 heterocycles. The van der Waals surface area contributed by atoms with Crippen LogP contribution in [0.4, 0.5) is 0 Å². The van der Waals surface area contributed by atoms with Gasteiger partial charge in [-0.2, -0.15) is 4.31 Å². The van der Waals surface area contributed by atoms with Crippen molar-refractivity contribution in [3.05, 3.63) is 53.1 Å². The lowest BCUT2D eigenvalue weighted by Gasteiger charge is -2.34. The molecule has 2 aliphatic heterocycles. The predicted molar refractivity (Wildman–Crippen MR) is 126 cm³/mol. The largest absolute Gasteiger partial charge is 0.490 e. The van der Waals surface area contributed by atoms with Gasteiger partial charge >= 0.3 is 0 Å². The highest BCUT2D eigenvalue weighted by Gasteiger charge is 2.31. The van der Waals surface area contributed by atoms with Crippen LogP contribution >= 0.6 is 0 Å². The molecule has 2 aromatic rings. The van der Waals surface area contributed by atoms with Crippen LogP contribution in [-0.4, -0.2) is 75.4 Å². The quantitative estimate of drug-likeness (QED) is 0.689. The molecule has 9 nitrogen and oxygen atoms in total. The molecular formula is C24H29N3O6S. The fourth-order valence-corrected chi connectivity index (χ4v) is 5.32. The first kappa shape index (κ1) is 24.0. The summed E-state index contributed by atoms with van der Waals surface area (Å²) in [5.41, 5.74) is 2.60. The molecule has 0 spiro atoms. The molecule has 182 valence electrons. The number of piperazine rings is 1. The lowest BCUT2D eigenvalue weighted by molar-refractivity contribution is -0.131. The first-order valence-electron chi connectivity index (χ1n) is 11.3. The van der Waals surface area contributed by atoms with Gasteiger partial charge in [0.15, 0.2) is 11.5 Å². The Hall–Kier alpha value is -3.11. The highest BCUT2D eigenvalue weighted by Crippen LogP contribution is 2.33. The second-order valence-corrected chi connectivity index (χ2v) is 10.4. The number of amides is 2. The van der Waals surface area contributed by atoms with E-state index >= 15 is 0 Å². The topological polar surface area (TPSA) is 105 Å². The number of nitrogens with zero attached hydrogens (tertiary/aromatic N) is 2. The van der Waals surface area contributed by atoms with E-state index in [9.17, 15) is 18.0 Å². The van der Waals surface area contributed by atoms with Crippen molar-refractivity contribution in [2.45, 2.75) is 25.2 Å². The van der Waals surface area contributed by atoms with E-state index in [0.29, 0.717) is 30.3 Å². The number of aryl methyl sites for hydroxylation is 2. The number of carbonyl (C=O) groups excluding carboxylic acids is 2. The van der Waals surface area contributed by atoms with Crippen LogP contribution in [-0.2, 0) is 14.8 Å². The first-order valence-corrected chi connectivity index (χ1v) is 12.7. The minimum Gasteiger partial charge on any atom is -0.490 e. The zero-order valence-electron chi connectivity index (χ0n) is 19.4. The van der Waals surface area contributed by atoms with E-state index in [2.05, 4.69) is 5.32 Å². The normalized spacial score (nSPS) is 16.6. The molecule has 2 aromatic carbocycles. The number of rotatable bonds is 5. The van der Waals surface area contributed by atoms with Crippen LogP contribution in [0.5, 0.6) is 11.5 Å². The van der Waals surface area contributed by atoms with Crippen LogP contribution < -0.4 is 14.8 Å². The Morgan fingerprint density at radius 2 is 1.62 bits per heavy atom. The molecule has 4 rings (SSSR count). The minimum absolute atomic E-state index is 0.136. The minimum atomic E-state index is -3.74. The van der Waals surface area contributed by atoms with Crippen molar-refractivity contribution in [3.63, 3.8) is 0 Å². The van der Waals surface area contributed by atoms with E-state index in [0.717, 1.165) is 17.5 Å². The van der Waals surface area contributed by atoms with Crippen LogP contribution in [0.3, 0.4) is 0 Å². The van der Waals surface area contributed by atoms with Crippen molar-refractivity contribution < 1.29 is 27.5 Å². The van der Waals surface area contributed by atoms with Crippen LogP contribution in [0.1, 0.15) is 27.9 Å². The maximum absolute atomic E-state index is 13.1. The van der Waals surface area contributed by atoms with Gasteiger partial charge in [-0.1, -0.05) is 6.07 Å². The monoisotopic (exact) mass is 487 g/mol. The van der Waals surface area contributed by atoms with Crippen LogP contribution in [0, 0.1) is 13.8 Å². The van der Waals surface area contributed by atoms with Crippen LogP contribution in [0.25, 0.3) is 0 Å². The maximum atomic E-state index is 13.1. The number of carbonyl (C=O) groups is 2. The summed E-state index contributed by atoms with van der Waals surface area (Å²) >= 11 is 0. The van der Waals surface area contributed by atoms with Gasteiger partial charge in [-0.25, -0.2) is 8.42 Å². The Bertz CT molecular complexity index is 1190. The molecule has 2 aliphatic rings. The molecule has 0 aromatic heterocycles. The molecule has 1 N–H and O–H groups in total. The van der Waals surface area contributed by atoms with E-state index < -0.39 is 10.0 Å². The lowest BCUT2D eigenvalue weighted by Crippen LogP contribution is -2.52. The average molecular weight is 488 g/mol. The second kappa shape index (κ2) is 10.0. The summed E-state index contributed by atoms with van der Waals surface area (Å²) in [7, 11) is -3.74. The molecule has 1 saturated heterocycles. The summed E-state index contributed by atoms with van der Waals surface area (Å²) < 4.78 is 38.8. The molecule has 0 unspecified atom stereocenters. The maximum Gasteiger partial charge on any atom is 0.251 e. The third-order valence-corrected chi connectivity index (χ3v) is 8.01. The molecule has 10 heteroatoms. The molecule has 0 atom stereocenters. The summed E-state index contributed by atoms with van der Waals surface area (Å²) in [4.78, 5) is 26.7. The van der Waals surface area contributed by atoms with Gasteiger partial charge in [0.25, 0.3) is 5.91 Å². The van der Waals surface area contributed by atoms with Gasteiger partial charge in [-0.15, -0.1) is 0 Å². The standard InChI is InChI=1S/C24H29N3O6S/c1-17-4-5-19(14-18(17)2)24(29)25-16-23(28)26-8-10-27(11-9-26)34(30,31)20-6-7-21-22(15-20)33-13-3-12-32-21/h4-7,14-15H,3,8-13,16H2,1-2H3,(H,25,29). The SMILES string of the molecule is Cc1ccc(C(=O)NCC(=O)N2CCN(S(=O)(=O)c3ccc4c(c3)OCCCO4)CC2)cc1C. The smallest absolute Gasteiger partial charge is 0.251 e. The molecule has 2 amide bonds. The number of hydrogen-bond donors (Lipinski definition) is 1. The third kappa shape index (κ3) is 5.18. The van der Waals surface area contributed by atoms with Crippen molar-refractivity contribution in [1.82, 2.24) is 14.5 Å². The van der Waals surface area contributed by atoms with Crippen molar-refractivity contribution >= 4 is 21.8 Å². The summed E-state index contributed by atoms with van der Waals surface area (Å²) in [5, 5.41) is 2.66. The Morgan fingerprint density at radius 1 is 0.912 bits per heavy atom. The van der Waals surface area contributed by atoms with E-state index in [1.54, 1.807) is 23.1 Å². The fourth-order valence-electron chi connectivity index (χ4n) is 3.88. The lowest BCUT2D eigenvalue weighted by atomic mass is 10.1. The average Bonchev–Trinajstić information content (AvgIpc) is 3.09. The van der Waals surface area contributed by atoms with Crippen LogP contribution in [0.15, 0.2) is 41.3 Å². The van der Waals surface area contributed by atoms with E-state index in [-0.39, 0.29) is 49.4 Å². The number of hydrogen-bond acceptors (Lipinski definition) is 6. The Kier molecular flexibility index (Phi) is 7.08. The van der Waals surface area contributed by atoms with E-state index in [1.807, 2.05) is 19.9 Å². The van der Waals surface area contributed by atoms with Gasteiger partial charge < -0.3 is 19.7 Å². The van der Waals surface area contributed by atoms with Gasteiger partial charge in [-0.3, -0.25) is 9.59 Å². The summed E-state index contributed by atoms with van der Waals surface area (Å²) in [6, 6.07) is 10.0. The zero-order chi connectivity index (χ0) is 24.3. The molecule has 0 bridgehead atoms. The highest BCUT2D eigenvalue weighted by molar-refractivity contribution is 7.89. The first-order chi connectivity index (χ1) is 16.3. The second-order valence-electron chi connectivity index (χ2n) is 8.43. The van der Waals surface area contributed by atoms with E-state index in [4.69, 9.17) is 9.47 Å². The van der Waals surface area contributed by atoms with Crippen LogP contribution in [0.2, 0.25) is 0 Å². The molecule has 0 saturated carbocycles. The number of benzene rings is 2. The van der Waals surface area contributed by atoms with E-state index in [1.165, 1.54) is 16.4 Å². The number of nitrogens with one attached hydrogen (secondary N) is 1.